The fourth-order valence-corrected chi connectivity index (χ4v) is 4.69. The number of benzene rings is 2. The topological polar surface area (TPSA) is 204 Å². The Morgan fingerprint density at radius 3 is 1.98 bits per heavy atom. The van der Waals surface area contributed by atoms with Crippen molar-refractivity contribution >= 4 is 50.5 Å². The van der Waals surface area contributed by atoms with Crippen LogP contribution in [-0.4, -0.2) is 41.9 Å². The van der Waals surface area contributed by atoms with E-state index in [4.69, 9.17) is 5.41 Å². The predicted octanol–water partition coefficient (Wildman–Crippen LogP) is -4.36. The van der Waals surface area contributed by atoms with E-state index in [-0.39, 0.29) is 87.4 Å². The molecule has 0 atom stereocenters. The molecule has 3 aliphatic rings. The zero-order chi connectivity index (χ0) is 30.0. The molecule has 44 heavy (non-hydrogen) atoms. The van der Waals surface area contributed by atoms with Crippen molar-refractivity contribution in [3.05, 3.63) is 118 Å². The largest absolute Gasteiger partial charge is 1.00 e. The van der Waals surface area contributed by atoms with Gasteiger partial charge in [0.2, 0.25) is 0 Å². The Morgan fingerprint density at radius 2 is 1.39 bits per heavy atom. The van der Waals surface area contributed by atoms with Crippen molar-refractivity contribution in [1.82, 2.24) is 5.43 Å². The van der Waals surface area contributed by atoms with Crippen LogP contribution in [0, 0.1) is 5.41 Å². The zero-order valence-corrected chi connectivity index (χ0v) is 28.2. The Labute approximate surface area is 295 Å². The van der Waals surface area contributed by atoms with Crippen molar-refractivity contribution in [3.63, 3.8) is 0 Å². The van der Waals surface area contributed by atoms with E-state index in [0.29, 0.717) is 11.4 Å². The van der Waals surface area contributed by atoms with Gasteiger partial charge in [0.25, 0.3) is 0 Å². The number of allylic oxidation sites excluding steroid dienone is 9. The van der Waals surface area contributed by atoms with Gasteiger partial charge in [-0.3, -0.25) is 25.8 Å². The molecule has 0 fully saturated rings. The molecular formula is C29H19N5Na2O7S. The van der Waals surface area contributed by atoms with Crippen LogP contribution < -0.4 is 80.5 Å². The second-order valence-electron chi connectivity index (χ2n) is 9.06. The quantitative estimate of drug-likeness (QED) is 0.0728. The van der Waals surface area contributed by atoms with Gasteiger partial charge in [0.1, 0.15) is 10.1 Å². The van der Waals surface area contributed by atoms with Crippen molar-refractivity contribution in [2.24, 2.45) is 5.10 Å². The first-order valence-corrected chi connectivity index (χ1v) is 13.6. The number of carbonyl (C=O) groups is 3. The summed E-state index contributed by atoms with van der Waals surface area (Å²) in [6, 6.07) is 14.5. The number of carboxylic acids is 1. The molecule has 0 amide bonds. The molecule has 0 aromatic heterocycles. The maximum absolute atomic E-state index is 12.6. The summed E-state index contributed by atoms with van der Waals surface area (Å²) in [5.41, 5.74) is 11.8. The zero-order valence-electron chi connectivity index (χ0n) is 23.4. The summed E-state index contributed by atoms with van der Waals surface area (Å²) >= 11 is 0. The first kappa shape index (κ1) is 34.8. The molecule has 210 valence electrons. The van der Waals surface area contributed by atoms with Gasteiger partial charge in [-0.1, -0.05) is 30.3 Å². The van der Waals surface area contributed by atoms with Gasteiger partial charge >= 0.3 is 59.1 Å². The summed E-state index contributed by atoms with van der Waals surface area (Å²) in [4.78, 5) is 34.6. The van der Waals surface area contributed by atoms with Crippen molar-refractivity contribution in [3.8, 4) is 11.1 Å². The minimum atomic E-state index is -4.81. The van der Waals surface area contributed by atoms with Crippen LogP contribution in [-0.2, 0) is 24.5 Å². The van der Waals surface area contributed by atoms with E-state index < -0.39 is 38.1 Å². The van der Waals surface area contributed by atoms with E-state index in [1.807, 2.05) is 24.3 Å². The Kier molecular flexibility index (Phi) is 11.4. The van der Waals surface area contributed by atoms with Crippen LogP contribution in [0.15, 0.2) is 123 Å². The van der Waals surface area contributed by atoms with E-state index in [1.165, 1.54) is 18.2 Å². The fraction of sp³-hybridized carbons (Fsp3) is 0. The summed E-state index contributed by atoms with van der Waals surface area (Å²) < 4.78 is 34.1. The average molecular weight is 628 g/mol. The number of aliphatic carboxylic acids is 1. The van der Waals surface area contributed by atoms with Crippen LogP contribution in [0.25, 0.3) is 11.1 Å². The number of nitrogens with zero attached hydrogens (tertiary/aromatic N) is 1. The van der Waals surface area contributed by atoms with Gasteiger partial charge in [-0.15, -0.1) is 0 Å². The Morgan fingerprint density at radius 1 is 0.773 bits per heavy atom. The van der Waals surface area contributed by atoms with E-state index in [9.17, 15) is 32.5 Å². The van der Waals surface area contributed by atoms with Crippen LogP contribution in [0.5, 0.6) is 0 Å². The summed E-state index contributed by atoms with van der Waals surface area (Å²) in [5, 5.41) is 23.3. The van der Waals surface area contributed by atoms with Crippen LogP contribution in [0.3, 0.4) is 0 Å². The smallest absolute Gasteiger partial charge is 0.744 e. The van der Waals surface area contributed by atoms with Crippen LogP contribution in [0.1, 0.15) is 0 Å². The van der Waals surface area contributed by atoms with Crippen molar-refractivity contribution < 1.29 is 91.6 Å². The number of carbonyl (C=O) groups excluding carboxylic acids is 3. The van der Waals surface area contributed by atoms with Crippen LogP contribution in [0.2, 0.25) is 0 Å². The monoisotopic (exact) mass is 627 g/mol. The minimum Gasteiger partial charge on any atom is -0.744 e. The molecule has 0 saturated heterocycles. The van der Waals surface area contributed by atoms with Gasteiger partial charge in [0.05, 0.1) is 44.9 Å². The third-order valence-electron chi connectivity index (χ3n) is 6.28. The van der Waals surface area contributed by atoms with E-state index in [1.54, 1.807) is 24.3 Å². The first-order chi connectivity index (χ1) is 20.0. The summed E-state index contributed by atoms with van der Waals surface area (Å²) in [5.74, 6) is -2.93. The first-order valence-electron chi connectivity index (χ1n) is 12.2. The predicted molar refractivity (Wildman–Crippen MR) is 152 cm³/mol. The van der Waals surface area contributed by atoms with Crippen molar-refractivity contribution in [2.75, 3.05) is 10.9 Å². The van der Waals surface area contributed by atoms with E-state index >= 15 is 0 Å². The SMILES string of the molecule is N=C1C=CC2=CC(S(=O)(=O)[O-])=CC(=O)C2=C1NNc1ccc(-c2ccc(N/N=C3/C=CC(=O)C(C(=O)[O-])=C3)cc2)cc1.[Na+].[Na+]. The Balaban J connectivity index is 0.00000264. The molecule has 5 rings (SSSR count). The molecule has 4 N–H and O–H groups in total. The van der Waals surface area contributed by atoms with Gasteiger partial charge < -0.3 is 19.9 Å². The number of ketones is 2. The molecule has 0 spiro atoms. The molecule has 0 bridgehead atoms. The molecule has 0 heterocycles. The molecule has 3 aliphatic carbocycles. The van der Waals surface area contributed by atoms with Gasteiger partial charge in [0.15, 0.2) is 11.6 Å². The molecule has 0 radical (unpaired) electrons. The van der Waals surface area contributed by atoms with Gasteiger partial charge in [0, 0.05) is 11.6 Å². The van der Waals surface area contributed by atoms with Gasteiger partial charge in [-0.05, 0) is 71.3 Å². The molecule has 0 aliphatic heterocycles. The van der Waals surface area contributed by atoms with Crippen molar-refractivity contribution in [1.29, 1.82) is 5.41 Å². The number of rotatable bonds is 8. The fourth-order valence-electron chi connectivity index (χ4n) is 4.17. The van der Waals surface area contributed by atoms with Gasteiger partial charge in [-0.25, -0.2) is 8.42 Å². The number of hydrazone groups is 1. The third-order valence-corrected chi connectivity index (χ3v) is 7.09. The summed E-state index contributed by atoms with van der Waals surface area (Å²) in [6.07, 6.45) is 8.27. The molecule has 0 saturated carbocycles. The average Bonchev–Trinajstić information content (AvgIpc) is 2.96. The minimum absolute atomic E-state index is 0. The summed E-state index contributed by atoms with van der Waals surface area (Å²) in [7, 11) is -4.81. The molecule has 2 aromatic carbocycles. The molecule has 2 aromatic rings. The third kappa shape index (κ3) is 7.88. The Hall–Kier alpha value is -3.66. The summed E-state index contributed by atoms with van der Waals surface area (Å²) in [6.45, 7) is 0. The maximum Gasteiger partial charge on any atom is 1.00 e. The van der Waals surface area contributed by atoms with E-state index in [0.717, 1.165) is 35.4 Å². The number of hydrogen-bond acceptors (Lipinski definition) is 12. The number of nitrogens with one attached hydrogen (secondary N) is 4. The number of hydrazine groups is 1. The Bertz CT molecular complexity index is 1890. The number of anilines is 2. The number of fused-ring (bicyclic) bond motifs is 1. The van der Waals surface area contributed by atoms with Gasteiger partial charge in [-0.2, -0.15) is 5.10 Å². The number of hydrogen-bond donors (Lipinski definition) is 4. The number of carboxylic acid groups (broad SMARTS) is 1. The normalized spacial score (nSPS) is 16.6. The molecule has 12 nitrogen and oxygen atoms in total. The van der Waals surface area contributed by atoms with Crippen molar-refractivity contribution in [2.45, 2.75) is 0 Å². The second-order valence-corrected chi connectivity index (χ2v) is 10.4. The van der Waals surface area contributed by atoms with Crippen LogP contribution >= 0.6 is 0 Å². The molecule has 15 heteroatoms. The molecule has 0 unspecified atom stereocenters. The van der Waals surface area contributed by atoms with E-state index in [2.05, 4.69) is 21.4 Å². The standard InChI is InChI=1S/C29H21N5O7S.2Na/c30-24-11-5-18-13-22(42(39,40)41)15-26(36)27(18)28(24)34-32-20-8-3-17(4-9-20)16-1-6-19(7-2-16)31-33-21-10-12-25(35)23(14-21)29(37)38;;/h1-15,30-32,34H,(H,37,38)(H,39,40,41);;/q;2*+1/p-2/b30-24?,33-21-;;. The second kappa shape index (κ2) is 14.4. The molecular weight excluding hydrogens is 608 g/mol. The maximum atomic E-state index is 12.6. The van der Waals surface area contributed by atoms with Crippen LogP contribution in [0.4, 0.5) is 11.4 Å².